The third kappa shape index (κ3) is 5.20. The number of ether oxygens (including phenoxy) is 2. The van der Waals surface area contributed by atoms with Crippen LogP contribution in [0.3, 0.4) is 0 Å². The van der Waals surface area contributed by atoms with Gasteiger partial charge in [-0.3, -0.25) is 9.69 Å². The largest absolute Gasteiger partial charge is 0.444 e. The van der Waals surface area contributed by atoms with Crippen LogP contribution in [0.5, 0.6) is 0 Å². The van der Waals surface area contributed by atoms with Gasteiger partial charge in [0.2, 0.25) is 5.91 Å². The van der Waals surface area contributed by atoms with Crippen LogP contribution in [0.15, 0.2) is 12.4 Å². The van der Waals surface area contributed by atoms with Gasteiger partial charge in [-0.25, -0.2) is 14.8 Å². The highest BCUT2D eigenvalue weighted by molar-refractivity contribution is 7.18. The zero-order chi connectivity index (χ0) is 26.8. The molecule has 2 atom stereocenters. The lowest BCUT2D eigenvalue weighted by atomic mass is 9.72. The van der Waals surface area contributed by atoms with Gasteiger partial charge in [0, 0.05) is 50.0 Å². The Bertz CT molecular complexity index is 1200. The fourth-order valence-corrected chi connectivity index (χ4v) is 6.42. The summed E-state index contributed by atoms with van der Waals surface area (Å²) < 4.78 is 49.5. The molecule has 0 aliphatic carbocycles. The number of rotatable bonds is 4. The molecule has 0 aromatic carbocycles. The van der Waals surface area contributed by atoms with Crippen molar-refractivity contribution in [1.29, 1.82) is 0 Å². The van der Waals surface area contributed by atoms with Gasteiger partial charge in [0.15, 0.2) is 0 Å². The lowest BCUT2D eigenvalue weighted by molar-refractivity contribution is -0.150. The second-order valence-electron chi connectivity index (χ2n) is 11.2. The molecule has 3 aliphatic rings. The normalized spacial score (nSPS) is 23.4. The molecule has 37 heavy (non-hydrogen) atoms. The summed E-state index contributed by atoms with van der Waals surface area (Å²) in [5.41, 5.74) is -0.762. The maximum absolute atomic E-state index is 13.3. The molecule has 0 radical (unpaired) electrons. The van der Waals surface area contributed by atoms with E-state index < -0.39 is 30.3 Å². The van der Waals surface area contributed by atoms with Crippen LogP contribution >= 0.6 is 11.3 Å². The highest BCUT2D eigenvalue weighted by Gasteiger charge is 2.56. The number of thiophene rings is 1. The molecule has 3 aliphatic heterocycles. The summed E-state index contributed by atoms with van der Waals surface area (Å²) in [5, 5.41) is 0.624. The molecular formula is C24H30F3N5O4S. The quantitative estimate of drug-likeness (QED) is 0.586. The number of anilines is 1. The summed E-state index contributed by atoms with van der Waals surface area (Å²) in [5.74, 6) is 0.508. The van der Waals surface area contributed by atoms with Crippen molar-refractivity contribution in [3.05, 3.63) is 17.3 Å². The van der Waals surface area contributed by atoms with Gasteiger partial charge in [-0.05, 0) is 26.8 Å². The summed E-state index contributed by atoms with van der Waals surface area (Å²) >= 11 is 1.03. The summed E-state index contributed by atoms with van der Waals surface area (Å²) in [6, 6.07) is 0.898. The lowest BCUT2D eigenvalue weighted by Crippen LogP contribution is -2.74. The van der Waals surface area contributed by atoms with Crippen molar-refractivity contribution in [2.75, 3.05) is 44.7 Å². The van der Waals surface area contributed by atoms with E-state index in [2.05, 4.69) is 9.97 Å². The Morgan fingerprint density at radius 1 is 1.16 bits per heavy atom. The second-order valence-corrected chi connectivity index (χ2v) is 12.3. The predicted octanol–water partition coefficient (Wildman–Crippen LogP) is 3.47. The third-order valence-corrected chi connectivity index (χ3v) is 8.00. The number of nitrogens with zero attached hydrogens (tertiary/aromatic N) is 5. The van der Waals surface area contributed by atoms with Crippen LogP contribution in [-0.4, -0.2) is 95.5 Å². The molecule has 0 unspecified atom stereocenters. The van der Waals surface area contributed by atoms with E-state index >= 15 is 0 Å². The van der Waals surface area contributed by atoms with Crippen molar-refractivity contribution in [3.63, 3.8) is 0 Å². The van der Waals surface area contributed by atoms with Crippen LogP contribution in [0, 0.1) is 5.41 Å². The molecule has 5 rings (SSSR count). The van der Waals surface area contributed by atoms with Crippen LogP contribution in [0.4, 0.5) is 23.8 Å². The van der Waals surface area contributed by atoms with Gasteiger partial charge in [-0.2, -0.15) is 13.2 Å². The van der Waals surface area contributed by atoms with Gasteiger partial charge in [0.05, 0.1) is 24.5 Å². The molecule has 1 spiro atoms. The number of aromatic nitrogens is 2. The zero-order valence-electron chi connectivity index (χ0n) is 21.2. The average molecular weight is 542 g/mol. The zero-order valence-corrected chi connectivity index (χ0v) is 22.0. The van der Waals surface area contributed by atoms with Crippen LogP contribution in [0.2, 0.25) is 0 Å². The third-order valence-electron chi connectivity index (χ3n) is 6.96. The molecule has 2 amide bonds. The first kappa shape index (κ1) is 26.0. The molecule has 202 valence electrons. The molecule has 9 nitrogen and oxygen atoms in total. The first-order valence-corrected chi connectivity index (χ1v) is 12.9. The topological polar surface area (TPSA) is 88.1 Å². The van der Waals surface area contributed by atoms with E-state index in [0.717, 1.165) is 11.3 Å². The maximum atomic E-state index is 13.3. The number of amides is 2. The van der Waals surface area contributed by atoms with Crippen LogP contribution in [0.1, 0.15) is 32.1 Å². The van der Waals surface area contributed by atoms with Crippen LogP contribution in [-0.2, 0) is 20.7 Å². The molecule has 0 N–H and O–H groups in total. The van der Waals surface area contributed by atoms with Crippen molar-refractivity contribution in [2.45, 2.75) is 57.5 Å². The first-order chi connectivity index (χ1) is 17.3. The van der Waals surface area contributed by atoms with E-state index in [1.165, 1.54) is 17.3 Å². The summed E-state index contributed by atoms with van der Waals surface area (Å²) in [6.07, 6.45) is -4.22. The van der Waals surface area contributed by atoms with E-state index in [4.69, 9.17) is 9.47 Å². The van der Waals surface area contributed by atoms with Gasteiger partial charge in [-0.1, -0.05) is 0 Å². The Morgan fingerprint density at radius 2 is 1.86 bits per heavy atom. The number of alkyl halides is 3. The number of carbonyl (C=O) groups excluding carboxylic acids is 2. The number of carbonyl (C=O) groups is 2. The van der Waals surface area contributed by atoms with E-state index in [0.29, 0.717) is 55.2 Å². The van der Waals surface area contributed by atoms with Crippen molar-refractivity contribution in [2.24, 2.45) is 5.41 Å². The molecule has 13 heteroatoms. The summed E-state index contributed by atoms with van der Waals surface area (Å²) in [4.78, 5) is 40.6. The van der Waals surface area contributed by atoms with Gasteiger partial charge in [-0.15, -0.1) is 11.3 Å². The molecular weight excluding hydrogens is 511 g/mol. The number of halogens is 3. The van der Waals surface area contributed by atoms with Crippen molar-refractivity contribution in [1.82, 2.24) is 19.8 Å². The Morgan fingerprint density at radius 3 is 2.49 bits per heavy atom. The SMILES string of the molecule is CO[C@@H]1C[C@@H](C(=O)N2CC3(C2)CN(c2ncnc4sc(CC(F)(F)F)cc24)C3)N(C(=O)OC(C)(C)C)C1. The fraction of sp³-hybridized carbons (Fsp3) is 0.667. The Labute approximate surface area is 216 Å². The standard InChI is InChI=1S/C24H30F3N5O4S/c1-22(2,3)36-21(34)32-8-14(35-4)5-17(32)20(33)31-11-23(12-31)9-30(10-23)18-16-6-15(7-24(25,26)27)37-19(16)29-13-28-18/h6,13-14,17H,5,7-12H2,1-4H3/t14-,17+/m1/s1. The number of methoxy groups -OCH3 is 1. The van der Waals surface area contributed by atoms with E-state index in [-0.39, 0.29) is 22.3 Å². The Hall–Kier alpha value is -2.67. The average Bonchev–Trinajstić information content (AvgIpc) is 3.33. The van der Waals surface area contributed by atoms with Gasteiger partial charge < -0.3 is 19.3 Å². The Balaban J connectivity index is 1.22. The van der Waals surface area contributed by atoms with Crippen molar-refractivity contribution >= 4 is 39.4 Å². The van der Waals surface area contributed by atoms with Crippen molar-refractivity contribution in [3.8, 4) is 0 Å². The van der Waals surface area contributed by atoms with E-state index in [9.17, 15) is 22.8 Å². The molecule has 2 aromatic heterocycles. The Kier molecular flexibility index (Phi) is 6.29. The molecule has 2 aromatic rings. The maximum Gasteiger partial charge on any atom is 0.411 e. The second kappa shape index (κ2) is 8.97. The number of likely N-dealkylation sites (tertiary alicyclic amines) is 2. The van der Waals surface area contributed by atoms with Crippen molar-refractivity contribution < 1.29 is 32.2 Å². The lowest BCUT2D eigenvalue weighted by Gasteiger charge is -2.61. The minimum absolute atomic E-state index is 0.0895. The van der Waals surface area contributed by atoms with Gasteiger partial charge >= 0.3 is 12.3 Å². The molecule has 0 saturated carbocycles. The van der Waals surface area contributed by atoms with E-state index in [1.54, 1.807) is 32.8 Å². The predicted molar refractivity (Wildman–Crippen MR) is 131 cm³/mol. The van der Waals surface area contributed by atoms with Crippen LogP contribution < -0.4 is 4.90 Å². The first-order valence-electron chi connectivity index (χ1n) is 12.1. The van der Waals surface area contributed by atoms with Crippen LogP contribution in [0.25, 0.3) is 10.2 Å². The van der Waals surface area contributed by atoms with E-state index in [1.807, 2.05) is 4.90 Å². The highest BCUT2D eigenvalue weighted by atomic mass is 32.1. The number of hydrogen-bond donors (Lipinski definition) is 0. The molecule has 3 fully saturated rings. The number of hydrogen-bond acceptors (Lipinski definition) is 8. The summed E-state index contributed by atoms with van der Waals surface area (Å²) in [6.45, 7) is 8.05. The molecule has 0 bridgehead atoms. The molecule has 5 heterocycles. The summed E-state index contributed by atoms with van der Waals surface area (Å²) in [7, 11) is 1.57. The minimum atomic E-state index is -4.28. The highest BCUT2D eigenvalue weighted by Crippen LogP contribution is 2.44. The number of fused-ring (bicyclic) bond motifs is 1. The van der Waals surface area contributed by atoms with Gasteiger partial charge in [0.1, 0.15) is 28.6 Å². The molecule has 3 saturated heterocycles. The van der Waals surface area contributed by atoms with Gasteiger partial charge in [0.25, 0.3) is 0 Å². The fourth-order valence-electron chi connectivity index (χ4n) is 5.40. The smallest absolute Gasteiger partial charge is 0.411 e. The minimum Gasteiger partial charge on any atom is -0.444 e. The monoisotopic (exact) mass is 541 g/mol.